The molecule has 1 unspecified atom stereocenters. The third kappa shape index (κ3) is 2.68. The molecule has 2 heterocycles. The summed E-state index contributed by atoms with van der Waals surface area (Å²) in [6.45, 7) is 2.67. The van der Waals surface area contributed by atoms with Gasteiger partial charge in [-0.3, -0.25) is 9.78 Å². The first-order valence-corrected chi connectivity index (χ1v) is 5.20. The Bertz CT molecular complexity index is 355. The number of anilines is 1. The van der Waals surface area contributed by atoms with Gasteiger partial charge in [0, 0.05) is 36.6 Å². The number of hydrogen-bond donors (Lipinski definition) is 2. The van der Waals surface area contributed by atoms with E-state index in [1.54, 1.807) is 6.20 Å². The summed E-state index contributed by atoms with van der Waals surface area (Å²) >= 11 is 0. The number of aryl methyl sites for hydroxylation is 1. The minimum atomic E-state index is 0.152. The molecule has 1 aromatic rings. The van der Waals surface area contributed by atoms with Crippen molar-refractivity contribution in [1.29, 1.82) is 0 Å². The summed E-state index contributed by atoms with van der Waals surface area (Å²) in [5.74, 6) is 0.152. The van der Waals surface area contributed by atoms with Gasteiger partial charge in [0.05, 0.1) is 0 Å². The zero-order valence-electron chi connectivity index (χ0n) is 8.79. The van der Waals surface area contributed by atoms with E-state index in [1.165, 1.54) is 0 Å². The molecule has 1 saturated heterocycles. The minimum Gasteiger partial charge on any atom is -0.380 e. The molecule has 0 spiro atoms. The molecule has 80 valence electrons. The molecule has 0 bridgehead atoms. The molecular weight excluding hydrogens is 190 g/mol. The van der Waals surface area contributed by atoms with Crippen molar-refractivity contribution in [2.24, 2.45) is 0 Å². The molecule has 0 aliphatic carbocycles. The third-order valence-electron chi connectivity index (χ3n) is 2.53. The van der Waals surface area contributed by atoms with Crippen LogP contribution in [0.4, 0.5) is 5.69 Å². The maximum Gasteiger partial charge on any atom is 0.220 e. The van der Waals surface area contributed by atoms with Crippen molar-refractivity contribution in [3.05, 3.63) is 24.0 Å². The van der Waals surface area contributed by atoms with Crippen LogP contribution in [0, 0.1) is 6.92 Å². The van der Waals surface area contributed by atoms with Crippen LogP contribution in [0.15, 0.2) is 18.3 Å². The second kappa shape index (κ2) is 4.29. The molecule has 0 aromatic carbocycles. The molecular formula is C11H15N3O. The van der Waals surface area contributed by atoms with Gasteiger partial charge in [-0.15, -0.1) is 0 Å². The number of carbonyl (C=O) groups is 1. The maximum atomic E-state index is 11.0. The first kappa shape index (κ1) is 9.96. The summed E-state index contributed by atoms with van der Waals surface area (Å²) in [6.07, 6.45) is 3.30. The molecule has 2 rings (SSSR count). The van der Waals surface area contributed by atoms with Crippen LogP contribution in [-0.2, 0) is 4.79 Å². The Hall–Kier alpha value is -1.58. The van der Waals surface area contributed by atoms with Crippen LogP contribution in [0.2, 0.25) is 0 Å². The highest BCUT2D eigenvalue weighted by Gasteiger charge is 2.17. The van der Waals surface area contributed by atoms with Gasteiger partial charge in [0.25, 0.3) is 0 Å². The summed E-state index contributed by atoms with van der Waals surface area (Å²) in [5.41, 5.74) is 2.07. The number of carbonyl (C=O) groups excluding carboxylic acids is 1. The van der Waals surface area contributed by atoms with E-state index >= 15 is 0 Å². The number of aromatic nitrogens is 1. The SMILES string of the molecule is Cc1cc(NC2CCC(=O)NC2)ccn1. The lowest BCUT2D eigenvalue weighted by molar-refractivity contribution is -0.122. The number of amides is 1. The molecule has 1 atom stereocenters. The first-order valence-electron chi connectivity index (χ1n) is 5.20. The number of pyridine rings is 1. The van der Waals surface area contributed by atoms with Crippen LogP contribution in [0.3, 0.4) is 0 Å². The lowest BCUT2D eigenvalue weighted by Crippen LogP contribution is -2.41. The number of nitrogens with zero attached hydrogens (tertiary/aromatic N) is 1. The third-order valence-corrected chi connectivity index (χ3v) is 2.53. The smallest absolute Gasteiger partial charge is 0.220 e. The first-order chi connectivity index (χ1) is 7.24. The fourth-order valence-corrected chi connectivity index (χ4v) is 1.73. The fourth-order valence-electron chi connectivity index (χ4n) is 1.73. The molecule has 0 saturated carbocycles. The van der Waals surface area contributed by atoms with Crippen molar-refractivity contribution >= 4 is 11.6 Å². The molecule has 1 fully saturated rings. The van der Waals surface area contributed by atoms with E-state index in [2.05, 4.69) is 15.6 Å². The van der Waals surface area contributed by atoms with E-state index < -0.39 is 0 Å². The highest BCUT2D eigenvalue weighted by atomic mass is 16.1. The highest BCUT2D eigenvalue weighted by molar-refractivity contribution is 5.77. The van der Waals surface area contributed by atoms with Gasteiger partial charge in [0.15, 0.2) is 0 Å². The van der Waals surface area contributed by atoms with Crippen molar-refractivity contribution in [2.75, 3.05) is 11.9 Å². The van der Waals surface area contributed by atoms with Gasteiger partial charge in [-0.2, -0.15) is 0 Å². The molecule has 4 heteroatoms. The second-order valence-electron chi connectivity index (χ2n) is 3.87. The van der Waals surface area contributed by atoms with Gasteiger partial charge >= 0.3 is 0 Å². The van der Waals surface area contributed by atoms with Gasteiger partial charge in [0.2, 0.25) is 5.91 Å². The van der Waals surface area contributed by atoms with Crippen molar-refractivity contribution in [3.63, 3.8) is 0 Å². The predicted molar refractivity (Wildman–Crippen MR) is 58.6 cm³/mol. The van der Waals surface area contributed by atoms with E-state index in [0.29, 0.717) is 19.0 Å². The lowest BCUT2D eigenvalue weighted by atomic mass is 10.1. The Morgan fingerprint density at radius 1 is 1.60 bits per heavy atom. The molecule has 2 N–H and O–H groups in total. The topological polar surface area (TPSA) is 54.0 Å². The van der Waals surface area contributed by atoms with E-state index in [9.17, 15) is 4.79 Å². The van der Waals surface area contributed by atoms with Gasteiger partial charge in [-0.25, -0.2) is 0 Å². The van der Waals surface area contributed by atoms with Gasteiger partial charge in [0.1, 0.15) is 0 Å². The van der Waals surface area contributed by atoms with E-state index in [1.807, 2.05) is 19.1 Å². The summed E-state index contributed by atoms with van der Waals surface area (Å²) in [7, 11) is 0. The van der Waals surface area contributed by atoms with Gasteiger partial charge in [-0.1, -0.05) is 0 Å². The van der Waals surface area contributed by atoms with Crippen molar-refractivity contribution in [2.45, 2.75) is 25.8 Å². The molecule has 1 amide bonds. The largest absolute Gasteiger partial charge is 0.380 e. The lowest BCUT2D eigenvalue weighted by Gasteiger charge is -2.24. The zero-order chi connectivity index (χ0) is 10.7. The average Bonchev–Trinajstić information content (AvgIpc) is 2.22. The Morgan fingerprint density at radius 2 is 2.47 bits per heavy atom. The molecule has 1 aliphatic rings. The zero-order valence-corrected chi connectivity index (χ0v) is 8.79. The van der Waals surface area contributed by atoms with Crippen LogP contribution in [0.1, 0.15) is 18.5 Å². The van der Waals surface area contributed by atoms with E-state index in [4.69, 9.17) is 0 Å². The maximum absolute atomic E-state index is 11.0. The van der Waals surface area contributed by atoms with Crippen molar-refractivity contribution < 1.29 is 4.79 Å². The summed E-state index contributed by atoms with van der Waals surface area (Å²) in [6, 6.07) is 4.30. The van der Waals surface area contributed by atoms with Crippen LogP contribution >= 0.6 is 0 Å². The molecule has 15 heavy (non-hydrogen) atoms. The molecule has 1 aliphatic heterocycles. The molecule has 4 nitrogen and oxygen atoms in total. The highest BCUT2D eigenvalue weighted by Crippen LogP contribution is 2.12. The van der Waals surface area contributed by atoms with Crippen LogP contribution in [0.5, 0.6) is 0 Å². The minimum absolute atomic E-state index is 0.152. The summed E-state index contributed by atoms with van der Waals surface area (Å²) in [5, 5.41) is 6.24. The second-order valence-corrected chi connectivity index (χ2v) is 3.87. The van der Waals surface area contributed by atoms with Crippen LogP contribution in [0.25, 0.3) is 0 Å². The van der Waals surface area contributed by atoms with E-state index in [-0.39, 0.29) is 5.91 Å². The monoisotopic (exact) mass is 205 g/mol. The number of rotatable bonds is 2. The molecule has 1 aromatic heterocycles. The van der Waals surface area contributed by atoms with Crippen LogP contribution in [-0.4, -0.2) is 23.5 Å². The summed E-state index contributed by atoms with van der Waals surface area (Å²) in [4.78, 5) is 15.1. The quantitative estimate of drug-likeness (QED) is 0.759. The predicted octanol–water partition coefficient (Wildman–Crippen LogP) is 1.08. The normalized spacial score (nSPS) is 20.9. The van der Waals surface area contributed by atoms with Gasteiger partial charge < -0.3 is 10.6 Å². The number of piperidine rings is 1. The van der Waals surface area contributed by atoms with Crippen LogP contribution < -0.4 is 10.6 Å². The van der Waals surface area contributed by atoms with Crippen molar-refractivity contribution in [3.8, 4) is 0 Å². The fraction of sp³-hybridized carbons (Fsp3) is 0.455. The van der Waals surface area contributed by atoms with Gasteiger partial charge in [-0.05, 0) is 25.5 Å². The summed E-state index contributed by atoms with van der Waals surface area (Å²) < 4.78 is 0. The Morgan fingerprint density at radius 3 is 3.13 bits per heavy atom. The standard InChI is InChI=1S/C11H15N3O/c1-8-6-9(4-5-12-8)14-10-2-3-11(15)13-7-10/h4-6,10H,2-3,7H2,1H3,(H,12,14)(H,13,15). The Kier molecular flexibility index (Phi) is 2.85. The molecule has 0 radical (unpaired) electrons. The van der Waals surface area contributed by atoms with E-state index in [0.717, 1.165) is 17.8 Å². The van der Waals surface area contributed by atoms with Crippen molar-refractivity contribution in [1.82, 2.24) is 10.3 Å². The number of hydrogen-bond acceptors (Lipinski definition) is 3. The Labute approximate surface area is 89.1 Å². The Balaban J connectivity index is 1.94. The average molecular weight is 205 g/mol. The number of nitrogens with one attached hydrogen (secondary N) is 2.